The van der Waals surface area contributed by atoms with Gasteiger partial charge < -0.3 is 4.74 Å². The first kappa shape index (κ1) is 16.5. The standard InChI is InChI=1S/C20H12N2O5/c23-19-15-10-11-16(22(25)26)17(18(15)20(24)21-19)12-6-8-14(9-7-12)27-13-4-2-1-3-5-13/h1-11H,(H,21,23,24). The predicted octanol–water partition coefficient (Wildman–Crippen LogP) is 3.94. The normalized spacial score (nSPS) is 12.4. The molecule has 27 heavy (non-hydrogen) atoms. The number of fused-ring (bicyclic) bond motifs is 1. The molecule has 7 heteroatoms. The molecule has 0 fully saturated rings. The summed E-state index contributed by atoms with van der Waals surface area (Å²) in [5, 5.41) is 13.6. The van der Waals surface area contributed by atoms with Crippen LogP contribution in [0, 0.1) is 10.1 Å². The third-order valence-corrected chi connectivity index (χ3v) is 4.20. The SMILES string of the molecule is O=C1NC(=O)c2c1ccc([N+](=O)[O-])c2-c1ccc(Oc2ccccc2)cc1. The highest BCUT2D eigenvalue weighted by Crippen LogP contribution is 2.38. The van der Waals surface area contributed by atoms with Crippen molar-refractivity contribution < 1.29 is 19.2 Å². The van der Waals surface area contributed by atoms with Gasteiger partial charge in [0.05, 0.1) is 21.6 Å². The highest BCUT2D eigenvalue weighted by Gasteiger charge is 2.34. The quantitative estimate of drug-likeness (QED) is 0.432. The van der Waals surface area contributed by atoms with Crippen LogP contribution in [0.1, 0.15) is 20.7 Å². The van der Waals surface area contributed by atoms with Gasteiger partial charge in [-0.2, -0.15) is 0 Å². The van der Waals surface area contributed by atoms with Gasteiger partial charge in [0, 0.05) is 6.07 Å². The summed E-state index contributed by atoms with van der Waals surface area (Å²) in [5.41, 5.74) is 0.474. The summed E-state index contributed by atoms with van der Waals surface area (Å²) in [7, 11) is 0. The van der Waals surface area contributed by atoms with Crippen molar-refractivity contribution in [2.45, 2.75) is 0 Å². The fraction of sp³-hybridized carbons (Fsp3) is 0. The molecule has 132 valence electrons. The number of amides is 2. The number of nitro groups is 1. The van der Waals surface area contributed by atoms with E-state index in [4.69, 9.17) is 4.74 Å². The highest BCUT2D eigenvalue weighted by atomic mass is 16.6. The number of nitrogens with zero attached hydrogens (tertiary/aromatic N) is 1. The maximum absolute atomic E-state index is 12.2. The molecular formula is C20H12N2O5. The Morgan fingerprint density at radius 3 is 2.11 bits per heavy atom. The number of imide groups is 1. The lowest BCUT2D eigenvalue weighted by Crippen LogP contribution is -2.20. The molecule has 0 atom stereocenters. The summed E-state index contributed by atoms with van der Waals surface area (Å²) in [6.45, 7) is 0. The van der Waals surface area contributed by atoms with E-state index >= 15 is 0 Å². The van der Waals surface area contributed by atoms with Crippen molar-refractivity contribution in [3.05, 3.63) is 88.0 Å². The van der Waals surface area contributed by atoms with Crippen LogP contribution >= 0.6 is 0 Å². The van der Waals surface area contributed by atoms with Gasteiger partial charge >= 0.3 is 0 Å². The second-order valence-electron chi connectivity index (χ2n) is 5.86. The summed E-state index contributed by atoms with van der Waals surface area (Å²) in [6, 6.07) is 18.2. The number of carbonyl (C=O) groups excluding carboxylic acids is 2. The monoisotopic (exact) mass is 360 g/mol. The van der Waals surface area contributed by atoms with Crippen LogP contribution in [0.4, 0.5) is 5.69 Å². The first-order chi connectivity index (χ1) is 13.0. The maximum atomic E-state index is 12.2. The molecule has 3 aromatic carbocycles. The van der Waals surface area contributed by atoms with E-state index in [1.54, 1.807) is 36.4 Å². The van der Waals surface area contributed by atoms with Crippen LogP contribution in [0.5, 0.6) is 11.5 Å². The van der Waals surface area contributed by atoms with E-state index in [0.29, 0.717) is 17.1 Å². The Morgan fingerprint density at radius 1 is 0.778 bits per heavy atom. The number of nitro benzene ring substituents is 1. The smallest absolute Gasteiger partial charge is 0.278 e. The van der Waals surface area contributed by atoms with Gasteiger partial charge in [-0.3, -0.25) is 25.0 Å². The average molecular weight is 360 g/mol. The number of rotatable bonds is 4. The summed E-state index contributed by atoms with van der Waals surface area (Å²) in [4.78, 5) is 34.9. The van der Waals surface area contributed by atoms with E-state index in [9.17, 15) is 19.7 Å². The van der Waals surface area contributed by atoms with Crippen molar-refractivity contribution >= 4 is 17.5 Å². The fourth-order valence-corrected chi connectivity index (χ4v) is 3.01. The summed E-state index contributed by atoms with van der Waals surface area (Å²) in [6.07, 6.45) is 0. The molecule has 0 saturated carbocycles. The molecule has 4 rings (SSSR count). The molecule has 0 aliphatic carbocycles. The van der Waals surface area contributed by atoms with Gasteiger partial charge in [0.15, 0.2) is 0 Å². The minimum Gasteiger partial charge on any atom is -0.457 e. The van der Waals surface area contributed by atoms with Crippen molar-refractivity contribution in [2.75, 3.05) is 0 Å². The second-order valence-corrected chi connectivity index (χ2v) is 5.86. The lowest BCUT2D eigenvalue weighted by Gasteiger charge is -2.09. The molecule has 0 spiro atoms. The average Bonchev–Trinajstić information content (AvgIpc) is 2.96. The molecule has 1 aliphatic heterocycles. The third kappa shape index (κ3) is 2.91. The number of hydrogen-bond acceptors (Lipinski definition) is 5. The van der Waals surface area contributed by atoms with Crippen LogP contribution in [0.2, 0.25) is 0 Å². The molecular weight excluding hydrogens is 348 g/mol. The number of hydrogen-bond donors (Lipinski definition) is 1. The Kier molecular flexibility index (Phi) is 3.89. The Hall–Kier alpha value is -4.00. The molecule has 0 saturated heterocycles. The van der Waals surface area contributed by atoms with Gasteiger partial charge in [0.25, 0.3) is 17.5 Å². The van der Waals surface area contributed by atoms with Crippen LogP contribution in [-0.4, -0.2) is 16.7 Å². The molecule has 0 unspecified atom stereocenters. The Balaban J connectivity index is 1.78. The van der Waals surface area contributed by atoms with Crippen molar-refractivity contribution in [3.63, 3.8) is 0 Å². The van der Waals surface area contributed by atoms with Crippen LogP contribution in [0.15, 0.2) is 66.7 Å². The molecule has 3 aromatic rings. The summed E-state index contributed by atoms with van der Waals surface area (Å²) in [5.74, 6) is -0.00370. The number of nitrogens with one attached hydrogen (secondary N) is 1. The summed E-state index contributed by atoms with van der Waals surface area (Å²) >= 11 is 0. The molecule has 2 amide bonds. The largest absolute Gasteiger partial charge is 0.457 e. The molecule has 0 radical (unpaired) electrons. The van der Waals surface area contributed by atoms with Gasteiger partial charge in [-0.1, -0.05) is 30.3 Å². The Bertz CT molecular complexity index is 1080. The number of benzene rings is 3. The van der Waals surface area contributed by atoms with Crippen molar-refractivity contribution in [1.29, 1.82) is 0 Å². The Labute approximate surface area is 153 Å². The predicted molar refractivity (Wildman–Crippen MR) is 96.8 cm³/mol. The second kappa shape index (κ2) is 6.38. The van der Waals surface area contributed by atoms with Gasteiger partial charge in [-0.05, 0) is 35.9 Å². The van der Waals surface area contributed by atoms with E-state index in [1.807, 2.05) is 18.2 Å². The zero-order valence-corrected chi connectivity index (χ0v) is 13.8. The van der Waals surface area contributed by atoms with Gasteiger partial charge in [-0.15, -0.1) is 0 Å². The number of ether oxygens (including phenoxy) is 1. The van der Waals surface area contributed by atoms with Crippen molar-refractivity contribution in [3.8, 4) is 22.6 Å². The lowest BCUT2D eigenvalue weighted by atomic mass is 9.94. The zero-order chi connectivity index (χ0) is 19.0. The van der Waals surface area contributed by atoms with Crippen LogP contribution in [-0.2, 0) is 0 Å². The fourth-order valence-electron chi connectivity index (χ4n) is 3.01. The minimum atomic E-state index is -0.640. The zero-order valence-electron chi connectivity index (χ0n) is 13.8. The van der Waals surface area contributed by atoms with Crippen LogP contribution in [0.25, 0.3) is 11.1 Å². The van der Waals surface area contributed by atoms with Crippen molar-refractivity contribution in [1.82, 2.24) is 5.32 Å². The minimum absolute atomic E-state index is 0.0194. The van der Waals surface area contributed by atoms with E-state index in [2.05, 4.69) is 5.32 Å². The van der Waals surface area contributed by atoms with Crippen molar-refractivity contribution in [2.24, 2.45) is 0 Å². The van der Waals surface area contributed by atoms with E-state index in [0.717, 1.165) is 0 Å². The summed E-state index contributed by atoms with van der Waals surface area (Å²) < 4.78 is 5.71. The van der Waals surface area contributed by atoms with Gasteiger partial charge in [0.1, 0.15) is 11.5 Å². The highest BCUT2D eigenvalue weighted by molar-refractivity contribution is 6.24. The number of carbonyl (C=O) groups is 2. The molecule has 1 aliphatic rings. The first-order valence-corrected chi connectivity index (χ1v) is 8.05. The lowest BCUT2D eigenvalue weighted by molar-refractivity contribution is -0.384. The molecule has 0 aromatic heterocycles. The van der Waals surface area contributed by atoms with E-state index in [-0.39, 0.29) is 22.4 Å². The van der Waals surface area contributed by atoms with Gasteiger partial charge in [-0.25, -0.2) is 0 Å². The van der Waals surface area contributed by atoms with E-state index in [1.165, 1.54) is 12.1 Å². The molecule has 0 bridgehead atoms. The molecule has 7 nitrogen and oxygen atoms in total. The van der Waals surface area contributed by atoms with Gasteiger partial charge in [0.2, 0.25) is 0 Å². The molecule has 1 heterocycles. The maximum Gasteiger partial charge on any atom is 0.278 e. The third-order valence-electron chi connectivity index (χ3n) is 4.20. The van der Waals surface area contributed by atoms with E-state index < -0.39 is 16.7 Å². The topological polar surface area (TPSA) is 98.5 Å². The molecule has 1 N–H and O–H groups in total. The van der Waals surface area contributed by atoms with Crippen LogP contribution < -0.4 is 10.1 Å². The van der Waals surface area contributed by atoms with Crippen LogP contribution in [0.3, 0.4) is 0 Å². The number of para-hydroxylation sites is 1. The first-order valence-electron chi connectivity index (χ1n) is 8.05. The Morgan fingerprint density at radius 2 is 1.44 bits per heavy atom.